The molecule has 0 saturated heterocycles. The molecule has 0 fully saturated rings. The fourth-order valence-electron chi connectivity index (χ4n) is 2.96. The van der Waals surface area contributed by atoms with Crippen LogP contribution in [-0.2, 0) is 9.53 Å². The van der Waals surface area contributed by atoms with Crippen LogP contribution in [0.2, 0.25) is 0 Å². The molecule has 0 bridgehead atoms. The van der Waals surface area contributed by atoms with Crippen LogP contribution in [0.15, 0.2) is 22.8 Å². The molecule has 0 heterocycles. The van der Waals surface area contributed by atoms with Crippen LogP contribution < -0.4 is 0 Å². The molecule has 0 radical (unpaired) electrons. The van der Waals surface area contributed by atoms with Crippen molar-refractivity contribution in [3.63, 3.8) is 0 Å². The van der Waals surface area contributed by atoms with Gasteiger partial charge in [0.1, 0.15) is 6.61 Å². The van der Waals surface area contributed by atoms with Crippen molar-refractivity contribution in [1.82, 2.24) is 0 Å². The monoisotopic (exact) mass is 264 g/mol. The summed E-state index contributed by atoms with van der Waals surface area (Å²) in [7, 11) is 0. The van der Waals surface area contributed by atoms with Gasteiger partial charge < -0.3 is 4.74 Å². The molecule has 0 unspecified atom stereocenters. The first kappa shape index (κ1) is 16.0. The first-order valence-corrected chi connectivity index (χ1v) is 7.31. The van der Waals surface area contributed by atoms with Gasteiger partial charge in [0, 0.05) is 6.92 Å². The van der Waals surface area contributed by atoms with Crippen LogP contribution in [0.4, 0.5) is 0 Å². The fourth-order valence-corrected chi connectivity index (χ4v) is 2.96. The lowest BCUT2D eigenvalue weighted by atomic mass is 9.71. The third kappa shape index (κ3) is 5.22. The van der Waals surface area contributed by atoms with Gasteiger partial charge >= 0.3 is 5.97 Å². The van der Waals surface area contributed by atoms with Crippen LogP contribution >= 0.6 is 0 Å². The highest BCUT2D eigenvalue weighted by molar-refractivity contribution is 5.66. The molecule has 0 aliphatic heterocycles. The van der Waals surface area contributed by atoms with E-state index in [0.717, 1.165) is 18.4 Å². The molecule has 0 atom stereocenters. The van der Waals surface area contributed by atoms with Gasteiger partial charge in [-0.25, -0.2) is 0 Å². The lowest BCUT2D eigenvalue weighted by Crippen LogP contribution is -2.20. The van der Waals surface area contributed by atoms with E-state index in [1.54, 1.807) is 11.1 Å². The predicted molar refractivity (Wildman–Crippen MR) is 80.0 cm³/mol. The average Bonchev–Trinajstić information content (AvgIpc) is 2.30. The lowest BCUT2D eigenvalue weighted by molar-refractivity contribution is -0.139. The van der Waals surface area contributed by atoms with Crippen molar-refractivity contribution in [1.29, 1.82) is 0 Å². The second-order valence-corrected chi connectivity index (χ2v) is 6.37. The van der Waals surface area contributed by atoms with E-state index in [9.17, 15) is 4.79 Å². The number of esters is 1. The van der Waals surface area contributed by atoms with Crippen LogP contribution in [0.5, 0.6) is 0 Å². The van der Waals surface area contributed by atoms with E-state index in [1.807, 2.05) is 6.92 Å². The van der Waals surface area contributed by atoms with Gasteiger partial charge in [-0.05, 0) is 56.9 Å². The standard InChI is InChI=1S/C17H28O2/c1-13(12-19-15(3)18)8-6-10-16-14(2)9-7-11-17(16,4)5/h8H,6-7,9-12H2,1-5H3. The minimum absolute atomic E-state index is 0.209. The molecular formula is C17H28O2. The van der Waals surface area contributed by atoms with Crippen LogP contribution in [0, 0.1) is 5.41 Å². The summed E-state index contributed by atoms with van der Waals surface area (Å²) in [4.78, 5) is 10.7. The molecule has 19 heavy (non-hydrogen) atoms. The molecule has 108 valence electrons. The van der Waals surface area contributed by atoms with Crippen LogP contribution in [0.3, 0.4) is 0 Å². The summed E-state index contributed by atoms with van der Waals surface area (Å²) in [5.41, 5.74) is 4.72. The van der Waals surface area contributed by atoms with Gasteiger partial charge in [0.25, 0.3) is 0 Å². The van der Waals surface area contributed by atoms with Gasteiger partial charge in [0.2, 0.25) is 0 Å². The highest BCUT2D eigenvalue weighted by Gasteiger charge is 2.27. The Hall–Kier alpha value is -1.05. The smallest absolute Gasteiger partial charge is 0.302 e. The molecule has 0 N–H and O–H groups in total. The lowest BCUT2D eigenvalue weighted by Gasteiger charge is -2.34. The summed E-state index contributed by atoms with van der Waals surface area (Å²) < 4.78 is 4.99. The largest absolute Gasteiger partial charge is 0.461 e. The zero-order valence-electron chi connectivity index (χ0n) is 13.1. The molecule has 0 aromatic heterocycles. The summed E-state index contributed by atoms with van der Waals surface area (Å²) in [6.07, 6.45) is 8.27. The maximum absolute atomic E-state index is 10.7. The number of carbonyl (C=O) groups is 1. The summed E-state index contributed by atoms with van der Waals surface area (Å²) in [5, 5.41) is 0. The Morgan fingerprint density at radius 2 is 2.05 bits per heavy atom. The number of allylic oxidation sites excluding steroid dienone is 3. The molecule has 0 spiro atoms. The van der Waals surface area contributed by atoms with Gasteiger partial charge in [-0.2, -0.15) is 0 Å². The Morgan fingerprint density at radius 1 is 1.37 bits per heavy atom. The quantitative estimate of drug-likeness (QED) is 0.526. The summed E-state index contributed by atoms with van der Waals surface area (Å²) in [6, 6.07) is 0. The molecule has 0 aromatic carbocycles. The number of rotatable bonds is 5. The molecule has 2 nitrogen and oxygen atoms in total. The van der Waals surface area contributed by atoms with Crippen molar-refractivity contribution < 1.29 is 9.53 Å². The first-order valence-electron chi connectivity index (χ1n) is 7.31. The van der Waals surface area contributed by atoms with Crippen molar-refractivity contribution in [3.05, 3.63) is 22.8 Å². The molecule has 1 aliphatic carbocycles. The maximum atomic E-state index is 10.7. The van der Waals surface area contributed by atoms with Crippen LogP contribution in [0.25, 0.3) is 0 Å². The van der Waals surface area contributed by atoms with Crippen LogP contribution in [-0.4, -0.2) is 12.6 Å². The van der Waals surface area contributed by atoms with E-state index in [0.29, 0.717) is 12.0 Å². The van der Waals surface area contributed by atoms with Crippen LogP contribution in [0.1, 0.15) is 66.7 Å². The van der Waals surface area contributed by atoms with Crippen molar-refractivity contribution in [2.24, 2.45) is 5.41 Å². The normalized spacial score (nSPS) is 19.5. The van der Waals surface area contributed by atoms with Gasteiger partial charge in [-0.1, -0.05) is 31.1 Å². The van der Waals surface area contributed by atoms with Crippen molar-refractivity contribution in [2.75, 3.05) is 6.61 Å². The van der Waals surface area contributed by atoms with E-state index < -0.39 is 0 Å². The Bertz CT molecular complexity index is 386. The highest BCUT2D eigenvalue weighted by atomic mass is 16.5. The minimum atomic E-state index is -0.209. The summed E-state index contributed by atoms with van der Waals surface area (Å²) >= 11 is 0. The average molecular weight is 264 g/mol. The molecule has 0 amide bonds. The SMILES string of the molecule is CC(=O)OCC(C)=CCCC1=C(C)CCCC1(C)C. The molecule has 2 heteroatoms. The third-order valence-corrected chi connectivity index (χ3v) is 4.08. The summed E-state index contributed by atoms with van der Waals surface area (Å²) in [5.74, 6) is -0.209. The van der Waals surface area contributed by atoms with E-state index >= 15 is 0 Å². The van der Waals surface area contributed by atoms with Crippen molar-refractivity contribution >= 4 is 5.97 Å². The van der Waals surface area contributed by atoms with Gasteiger partial charge in [0.05, 0.1) is 0 Å². The Balaban J connectivity index is 2.51. The Labute approximate surface area is 117 Å². The van der Waals surface area contributed by atoms with E-state index in [4.69, 9.17) is 4.74 Å². The predicted octanol–water partition coefficient (Wildman–Crippen LogP) is 4.80. The van der Waals surface area contributed by atoms with Gasteiger partial charge in [-0.15, -0.1) is 0 Å². The second kappa shape index (κ2) is 6.93. The van der Waals surface area contributed by atoms with Gasteiger partial charge in [0.15, 0.2) is 0 Å². The molecule has 0 saturated carbocycles. The summed E-state index contributed by atoms with van der Waals surface area (Å²) in [6.45, 7) is 10.9. The maximum Gasteiger partial charge on any atom is 0.302 e. The number of hydrogen-bond donors (Lipinski definition) is 0. The van der Waals surface area contributed by atoms with E-state index in [2.05, 4.69) is 26.8 Å². The zero-order chi connectivity index (χ0) is 14.5. The molecule has 0 aromatic rings. The first-order chi connectivity index (χ1) is 8.83. The molecule has 1 aliphatic rings. The van der Waals surface area contributed by atoms with Crippen molar-refractivity contribution in [3.8, 4) is 0 Å². The van der Waals surface area contributed by atoms with E-state index in [-0.39, 0.29) is 5.97 Å². The Kier molecular flexibility index (Phi) is 5.84. The topological polar surface area (TPSA) is 26.3 Å². The third-order valence-electron chi connectivity index (χ3n) is 4.08. The number of ether oxygens (including phenoxy) is 1. The van der Waals surface area contributed by atoms with Gasteiger partial charge in [-0.3, -0.25) is 4.79 Å². The number of hydrogen-bond acceptors (Lipinski definition) is 2. The molecular weight excluding hydrogens is 236 g/mol. The van der Waals surface area contributed by atoms with Crippen molar-refractivity contribution in [2.45, 2.75) is 66.7 Å². The fraction of sp³-hybridized carbons (Fsp3) is 0.706. The highest BCUT2D eigenvalue weighted by Crippen LogP contribution is 2.42. The van der Waals surface area contributed by atoms with E-state index in [1.165, 1.54) is 26.2 Å². The number of carbonyl (C=O) groups excluding carboxylic acids is 1. The zero-order valence-corrected chi connectivity index (χ0v) is 13.1. The molecule has 1 rings (SSSR count). The second-order valence-electron chi connectivity index (χ2n) is 6.37. The minimum Gasteiger partial charge on any atom is -0.461 e. The Morgan fingerprint density at radius 3 is 2.63 bits per heavy atom.